The van der Waals surface area contributed by atoms with Gasteiger partial charge in [0, 0.05) is 6.07 Å². The Kier molecular flexibility index (Phi) is 5.70. The van der Waals surface area contributed by atoms with Gasteiger partial charge in [-0.05, 0) is 21.5 Å². The van der Waals surface area contributed by atoms with Crippen LogP contribution in [0, 0.1) is 0 Å². The summed E-state index contributed by atoms with van der Waals surface area (Å²) in [6.07, 6.45) is 2.27. The number of anilines is 1. The van der Waals surface area contributed by atoms with Crippen molar-refractivity contribution in [2.75, 3.05) is 5.73 Å². The van der Waals surface area contributed by atoms with E-state index in [1.807, 2.05) is 30.3 Å². The number of hydrogen-bond donors (Lipinski definition) is 1. The molecule has 8 nitrogen and oxygen atoms in total. The molecule has 0 aliphatic heterocycles. The zero-order chi connectivity index (χ0) is 21.1. The minimum Gasteiger partial charge on any atom is -0.487 e. The first-order valence-electron chi connectivity index (χ1n) is 8.73. The van der Waals surface area contributed by atoms with E-state index in [1.54, 1.807) is 6.07 Å². The van der Waals surface area contributed by atoms with E-state index >= 15 is 0 Å². The molecule has 4 aromatic rings. The van der Waals surface area contributed by atoms with Gasteiger partial charge < -0.3 is 15.2 Å². The fraction of sp³-hybridized carbons (Fsp3) is 0.158. The van der Waals surface area contributed by atoms with Crippen LogP contribution in [0.15, 0.2) is 53.5 Å². The van der Waals surface area contributed by atoms with Crippen molar-refractivity contribution >= 4 is 32.7 Å². The second kappa shape index (κ2) is 8.57. The molecule has 0 fully saturated rings. The first-order valence-corrected chi connectivity index (χ1v) is 9.52. The third kappa shape index (κ3) is 4.15. The van der Waals surface area contributed by atoms with Crippen LogP contribution in [0.4, 0.5) is 14.6 Å². The van der Waals surface area contributed by atoms with Gasteiger partial charge in [0.25, 0.3) is 0 Å². The number of nitrogen functional groups attached to an aromatic ring is 1. The van der Waals surface area contributed by atoms with Gasteiger partial charge in [0.1, 0.15) is 43.2 Å². The molecule has 0 radical (unpaired) electrons. The number of halogens is 3. The summed E-state index contributed by atoms with van der Waals surface area (Å²) >= 11 is 3.50. The van der Waals surface area contributed by atoms with Crippen LogP contribution in [0.25, 0.3) is 10.9 Å². The Balaban J connectivity index is 1.65. The molecule has 0 saturated heterocycles. The molecule has 0 aliphatic carbocycles. The molecule has 2 aromatic carbocycles. The van der Waals surface area contributed by atoms with E-state index in [-0.39, 0.29) is 18.2 Å². The van der Waals surface area contributed by atoms with E-state index in [4.69, 9.17) is 15.2 Å². The summed E-state index contributed by atoms with van der Waals surface area (Å²) in [6.45, 7) is -2.60. The highest BCUT2D eigenvalue weighted by Crippen LogP contribution is 2.40. The van der Waals surface area contributed by atoms with Crippen molar-refractivity contribution in [1.82, 2.24) is 24.7 Å². The summed E-state index contributed by atoms with van der Waals surface area (Å²) in [5.74, 6) is 1.10. The van der Waals surface area contributed by atoms with E-state index in [0.29, 0.717) is 38.2 Å². The van der Waals surface area contributed by atoms with Crippen molar-refractivity contribution in [2.45, 2.75) is 19.8 Å². The predicted molar refractivity (Wildman–Crippen MR) is 108 cm³/mol. The molecule has 0 aliphatic rings. The van der Waals surface area contributed by atoms with Crippen LogP contribution in [0.5, 0.6) is 11.5 Å². The molecule has 0 amide bonds. The number of alkyl halides is 2. The zero-order valence-electron chi connectivity index (χ0n) is 15.4. The Bertz CT molecular complexity index is 1170. The second-order valence-electron chi connectivity index (χ2n) is 6.15. The lowest BCUT2D eigenvalue weighted by molar-refractivity contribution is 0.0555. The predicted octanol–water partition coefficient (Wildman–Crippen LogP) is 4.12. The Morgan fingerprint density at radius 1 is 1.03 bits per heavy atom. The second-order valence-corrected chi connectivity index (χ2v) is 6.94. The Labute approximate surface area is 177 Å². The number of nitrogens with two attached hydrogens (primary N) is 1. The lowest BCUT2D eigenvalue weighted by Gasteiger charge is -2.15. The van der Waals surface area contributed by atoms with Crippen molar-refractivity contribution in [3.63, 3.8) is 0 Å². The Morgan fingerprint density at radius 3 is 2.53 bits per heavy atom. The van der Waals surface area contributed by atoms with Crippen LogP contribution in [-0.4, -0.2) is 24.7 Å². The molecule has 30 heavy (non-hydrogen) atoms. The highest BCUT2D eigenvalue weighted by atomic mass is 79.9. The monoisotopic (exact) mass is 476 g/mol. The normalized spacial score (nSPS) is 11.2. The molecule has 11 heteroatoms. The Hall–Kier alpha value is -3.34. The SMILES string of the molecule is Nc1ncnc2c(Br)c(OCc3ccccc3)cc(OCc3ncn(C(F)F)n3)c12. The van der Waals surface area contributed by atoms with Gasteiger partial charge >= 0.3 is 6.55 Å². The summed E-state index contributed by atoms with van der Waals surface area (Å²) in [6, 6.07) is 11.3. The number of rotatable bonds is 7. The van der Waals surface area contributed by atoms with Crippen LogP contribution in [0.3, 0.4) is 0 Å². The molecule has 154 valence electrons. The highest BCUT2D eigenvalue weighted by molar-refractivity contribution is 9.10. The first-order chi connectivity index (χ1) is 14.5. The minimum absolute atomic E-state index is 0.0912. The van der Waals surface area contributed by atoms with Crippen LogP contribution < -0.4 is 15.2 Å². The zero-order valence-corrected chi connectivity index (χ0v) is 17.0. The maximum absolute atomic E-state index is 12.7. The van der Waals surface area contributed by atoms with E-state index in [2.05, 4.69) is 36.0 Å². The maximum atomic E-state index is 12.7. The van der Waals surface area contributed by atoms with Crippen LogP contribution in [0.2, 0.25) is 0 Å². The summed E-state index contributed by atoms with van der Waals surface area (Å²) < 4.78 is 38.1. The minimum atomic E-state index is -2.78. The summed E-state index contributed by atoms with van der Waals surface area (Å²) in [7, 11) is 0. The van der Waals surface area contributed by atoms with Crippen molar-refractivity contribution in [2.24, 2.45) is 0 Å². The van der Waals surface area contributed by atoms with Crippen molar-refractivity contribution < 1.29 is 18.3 Å². The van der Waals surface area contributed by atoms with Crippen molar-refractivity contribution in [3.8, 4) is 11.5 Å². The molecule has 0 saturated carbocycles. The van der Waals surface area contributed by atoms with Gasteiger partial charge in [0.15, 0.2) is 5.82 Å². The number of fused-ring (bicyclic) bond motifs is 1. The lowest BCUT2D eigenvalue weighted by Crippen LogP contribution is -2.04. The number of nitrogens with zero attached hydrogens (tertiary/aromatic N) is 5. The van der Waals surface area contributed by atoms with Gasteiger partial charge in [-0.1, -0.05) is 30.3 Å². The maximum Gasteiger partial charge on any atom is 0.334 e. The lowest BCUT2D eigenvalue weighted by atomic mass is 10.2. The molecular weight excluding hydrogens is 462 g/mol. The molecule has 0 unspecified atom stereocenters. The van der Waals surface area contributed by atoms with Gasteiger partial charge in [0.05, 0.1) is 15.4 Å². The molecular formula is C19H15BrF2N6O2. The van der Waals surface area contributed by atoms with Gasteiger partial charge in [-0.25, -0.2) is 15.0 Å². The number of benzene rings is 2. The smallest absolute Gasteiger partial charge is 0.334 e. The fourth-order valence-electron chi connectivity index (χ4n) is 2.75. The topological polar surface area (TPSA) is 101 Å². The third-order valence-electron chi connectivity index (χ3n) is 4.16. The average molecular weight is 477 g/mol. The van der Waals surface area contributed by atoms with E-state index in [1.165, 1.54) is 6.33 Å². The van der Waals surface area contributed by atoms with Gasteiger partial charge in [-0.3, -0.25) is 0 Å². The molecule has 2 heterocycles. The summed E-state index contributed by atoms with van der Waals surface area (Å²) in [4.78, 5) is 12.1. The molecule has 2 aromatic heterocycles. The summed E-state index contributed by atoms with van der Waals surface area (Å²) in [5.41, 5.74) is 7.50. The van der Waals surface area contributed by atoms with E-state index in [9.17, 15) is 8.78 Å². The first kappa shape index (κ1) is 20.0. The third-order valence-corrected chi connectivity index (χ3v) is 4.93. The van der Waals surface area contributed by atoms with Crippen LogP contribution in [-0.2, 0) is 13.2 Å². The number of hydrogen-bond acceptors (Lipinski definition) is 7. The molecule has 0 bridgehead atoms. The highest BCUT2D eigenvalue weighted by Gasteiger charge is 2.18. The van der Waals surface area contributed by atoms with E-state index < -0.39 is 6.55 Å². The summed E-state index contributed by atoms with van der Waals surface area (Å²) in [5, 5.41) is 4.13. The molecule has 0 atom stereocenters. The van der Waals surface area contributed by atoms with Crippen molar-refractivity contribution in [3.05, 3.63) is 64.9 Å². The van der Waals surface area contributed by atoms with E-state index in [0.717, 1.165) is 11.9 Å². The average Bonchev–Trinajstić information content (AvgIpc) is 3.23. The van der Waals surface area contributed by atoms with Crippen molar-refractivity contribution in [1.29, 1.82) is 0 Å². The molecule has 2 N–H and O–H groups in total. The van der Waals surface area contributed by atoms with Gasteiger partial charge in [-0.15, -0.1) is 5.10 Å². The largest absolute Gasteiger partial charge is 0.487 e. The fourth-order valence-corrected chi connectivity index (χ4v) is 3.28. The standard InChI is InChI=1S/C19H15BrF2N6O2/c20-16-13(29-7-11-4-2-1-3-5-11)6-12(15-17(16)24-9-25-18(15)23)30-8-14-26-10-28(27-14)19(21)22/h1-6,9-10,19H,7-8H2,(H2,23,24,25). The van der Waals surface area contributed by atoms with Crippen LogP contribution in [0.1, 0.15) is 17.9 Å². The van der Waals surface area contributed by atoms with Gasteiger partial charge in [0.2, 0.25) is 0 Å². The number of ether oxygens (including phenoxy) is 2. The Morgan fingerprint density at radius 2 is 1.80 bits per heavy atom. The van der Waals surface area contributed by atoms with Crippen LogP contribution >= 0.6 is 15.9 Å². The van der Waals surface area contributed by atoms with Gasteiger partial charge in [-0.2, -0.15) is 13.5 Å². The number of aromatic nitrogens is 5. The quantitative estimate of drug-likeness (QED) is 0.428. The molecule has 0 spiro atoms. The molecule has 4 rings (SSSR count).